The summed E-state index contributed by atoms with van der Waals surface area (Å²) in [7, 11) is -3.96. The Morgan fingerprint density at radius 3 is 2.15 bits per heavy atom. The number of carbonyl (C=O) groups excluding carboxylic acids is 1. The first-order valence-electron chi connectivity index (χ1n) is 10.6. The maximum Gasteiger partial charge on any atom is 0.264 e. The summed E-state index contributed by atoms with van der Waals surface area (Å²) in [5, 5.41) is 3.36. The lowest BCUT2D eigenvalue weighted by molar-refractivity contribution is 0.102. The molecule has 0 saturated heterocycles. The molecule has 0 fully saturated rings. The quantitative estimate of drug-likeness (QED) is 0.330. The van der Waals surface area contributed by atoms with Crippen molar-refractivity contribution in [1.82, 2.24) is 0 Å². The molecule has 5 nitrogen and oxygen atoms in total. The van der Waals surface area contributed by atoms with Gasteiger partial charge in [0, 0.05) is 10.7 Å². The van der Waals surface area contributed by atoms with Crippen molar-refractivity contribution in [2.75, 3.05) is 9.62 Å². The largest absolute Gasteiger partial charge is 0.322 e. The van der Waals surface area contributed by atoms with Crippen LogP contribution in [0.3, 0.4) is 0 Å². The van der Waals surface area contributed by atoms with Crippen LogP contribution < -0.4 is 9.62 Å². The topological polar surface area (TPSA) is 66.5 Å². The minimum absolute atomic E-state index is 0.0682. The summed E-state index contributed by atoms with van der Waals surface area (Å²) in [6.07, 6.45) is 0. The van der Waals surface area contributed by atoms with Crippen LogP contribution in [-0.4, -0.2) is 14.3 Å². The number of hydrogen-bond acceptors (Lipinski definition) is 3. The van der Waals surface area contributed by atoms with E-state index in [0.29, 0.717) is 10.7 Å². The first-order valence-corrected chi connectivity index (χ1v) is 12.5. The van der Waals surface area contributed by atoms with Crippen molar-refractivity contribution >= 4 is 38.9 Å². The second-order valence-corrected chi connectivity index (χ2v) is 10.0. The van der Waals surface area contributed by atoms with Gasteiger partial charge in [0.05, 0.1) is 22.7 Å². The van der Waals surface area contributed by atoms with Crippen molar-refractivity contribution in [3.05, 3.63) is 125 Å². The van der Waals surface area contributed by atoms with E-state index in [-0.39, 0.29) is 22.7 Å². The molecule has 0 heterocycles. The van der Waals surface area contributed by atoms with Crippen LogP contribution in [0, 0.1) is 6.92 Å². The predicted octanol–water partition coefficient (Wildman–Crippen LogP) is 6.30. The molecule has 7 heteroatoms. The summed E-state index contributed by atoms with van der Waals surface area (Å²) < 4.78 is 28.7. The van der Waals surface area contributed by atoms with Crippen LogP contribution in [0.5, 0.6) is 0 Å². The van der Waals surface area contributed by atoms with Gasteiger partial charge in [-0.3, -0.25) is 9.10 Å². The highest BCUT2D eigenvalue weighted by atomic mass is 35.5. The first kappa shape index (κ1) is 23.5. The van der Waals surface area contributed by atoms with E-state index in [2.05, 4.69) is 5.32 Å². The Labute approximate surface area is 204 Å². The lowest BCUT2D eigenvalue weighted by Crippen LogP contribution is -2.32. The molecule has 0 bridgehead atoms. The van der Waals surface area contributed by atoms with Crippen LogP contribution in [0.2, 0.25) is 5.02 Å². The zero-order valence-corrected chi connectivity index (χ0v) is 20.1. The normalized spacial score (nSPS) is 11.1. The number of hydrogen-bond donors (Lipinski definition) is 1. The minimum Gasteiger partial charge on any atom is -0.322 e. The average molecular weight is 491 g/mol. The van der Waals surface area contributed by atoms with Crippen LogP contribution in [-0.2, 0) is 16.6 Å². The molecule has 1 N–H and O–H groups in total. The second-order valence-electron chi connectivity index (χ2n) is 7.75. The van der Waals surface area contributed by atoms with Gasteiger partial charge < -0.3 is 5.32 Å². The molecule has 0 saturated carbocycles. The zero-order chi connectivity index (χ0) is 24.1. The Balaban J connectivity index is 1.77. The number of rotatable bonds is 7. The molecule has 4 rings (SSSR count). The summed E-state index contributed by atoms with van der Waals surface area (Å²) in [4.78, 5) is 13.4. The van der Waals surface area contributed by atoms with E-state index in [1.54, 1.807) is 66.7 Å². The third kappa shape index (κ3) is 5.14. The van der Waals surface area contributed by atoms with E-state index in [4.69, 9.17) is 11.6 Å². The summed E-state index contributed by atoms with van der Waals surface area (Å²) in [6.45, 7) is 1.94. The lowest BCUT2D eigenvalue weighted by atomic mass is 10.1. The van der Waals surface area contributed by atoms with Crippen molar-refractivity contribution in [2.45, 2.75) is 18.4 Å². The van der Waals surface area contributed by atoms with E-state index in [1.165, 1.54) is 4.31 Å². The Morgan fingerprint density at radius 2 is 1.47 bits per heavy atom. The van der Waals surface area contributed by atoms with E-state index in [0.717, 1.165) is 11.1 Å². The third-order valence-corrected chi connectivity index (χ3v) is 7.53. The van der Waals surface area contributed by atoms with Gasteiger partial charge in [-0.05, 0) is 54.4 Å². The Bertz CT molecular complexity index is 1410. The average Bonchev–Trinajstić information content (AvgIpc) is 2.86. The fraction of sp³-hybridized carbons (Fsp3) is 0.0741. The number of para-hydroxylation sites is 1. The van der Waals surface area contributed by atoms with Crippen LogP contribution in [0.15, 0.2) is 108 Å². The van der Waals surface area contributed by atoms with Crippen molar-refractivity contribution in [3.63, 3.8) is 0 Å². The molecular formula is C27H23ClN2O3S. The number of nitrogens with zero attached hydrogens (tertiary/aromatic N) is 1. The molecule has 0 radical (unpaired) electrons. The summed E-state index contributed by atoms with van der Waals surface area (Å²) in [5.41, 5.74) is 2.72. The molecule has 34 heavy (non-hydrogen) atoms. The molecular weight excluding hydrogens is 468 g/mol. The number of aryl methyl sites for hydroxylation is 1. The maximum atomic E-state index is 13.7. The highest BCUT2D eigenvalue weighted by Crippen LogP contribution is 2.30. The van der Waals surface area contributed by atoms with Gasteiger partial charge in [-0.2, -0.15) is 0 Å². The fourth-order valence-corrected chi connectivity index (χ4v) is 5.19. The number of carbonyl (C=O) groups is 1. The molecule has 4 aromatic carbocycles. The summed E-state index contributed by atoms with van der Waals surface area (Å²) in [5.74, 6) is -0.433. The number of nitrogens with one attached hydrogen (secondary N) is 1. The van der Waals surface area contributed by atoms with Crippen LogP contribution in [0.4, 0.5) is 11.4 Å². The van der Waals surface area contributed by atoms with Gasteiger partial charge in [0.1, 0.15) is 0 Å². The van der Waals surface area contributed by atoms with Crippen molar-refractivity contribution < 1.29 is 13.2 Å². The van der Waals surface area contributed by atoms with Gasteiger partial charge in [0.2, 0.25) is 0 Å². The van der Waals surface area contributed by atoms with Gasteiger partial charge in [-0.15, -0.1) is 0 Å². The van der Waals surface area contributed by atoms with Crippen LogP contribution >= 0.6 is 11.6 Å². The van der Waals surface area contributed by atoms with Crippen molar-refractivity contribution in [2.24, 2.45) is 0 Å². The predicted molar refractivity (Wildman–Crippen MR) is 137 cm³/mol. The standard InChI is InChI=1S/C27H23ClN2O3S/c1-20-16-17-22(18-25(20)28)29-27(31)24-14-8-9-15-26(24)30(19-21-10-4-2-5-11-21)34(32,33)23-12-6-3-7-13-23/h2-18H,19H2,1H3,(H,29,31). The van der Waals surface area contributed by atoms with E-state index < -0.39 is 15.9 Å². The van der Waals surface area contributed by atoms with E-state index in [9.17, 15) is 13.2 Å². The molecule has 0 aliphatic rings. The number of sulfonamides is 1. The second kappa shape index (κ2) is 10.1. The SMILES string of the molecule is Cc1ccc(NC(=O)c2ccccc2N(Cc2ccccc2)S(=O)(=O)c2ccccc2)cc1Cl. The number of benzene rings is 4. The highest BCUT2D eigenvalue weighted by Gasteiger charge is 2.28. The maximum absolute atomic E-state index is 13.7. The molecule has 0 aliphatic heterocycles. The number of halogens is 1. The smallest absolute Gasteiger partial charge is 0.264 e. The molecule has 4 aromatic rings. The third-order valence-electron chi connectivity index (χ3n) is 5.35. The highest BCUT2D eigenvalue weighted by molar-refractivity contribution is 7.92. The minimum atomic E-state index is -3.96. The monoisotopic (exact) mass is 490 g/mol. The Kier molecular flexibility index (Phi) is 7.01. The molecule has 0 atom stereocenters. The summed E-state index contributed by atoms with van der Waals surface area (Å²) >= 11 is 6.20. The molecule has 172 valence electrons. The lowest BCUT2D eigenvalue weighted by Gasteiger charge is -2.26. The summed E-state index contributed by atoms with van der Waals surface area (Å²) in [6, 6.07) is 29.4. The van der Waals surface area contributed by atoms with Crippen molar-refractivity contribution in [3.8, 4) is 0 Å². The van der Waals surface area contributed by atoms with Crippen LogP contribution in [0.1, 0.15) is 21.5 Å². The molecule has 1 amide bonds. The fourth-order valence-electron chi connectivity index (χ4n) is 3.52. The van der Waals surface area contributed by atoms with Crippen molar-refractivity contribution in [1.29, 1.82) is 0 Å². The van der Waals surface area contributed by atoms with E-state index in [1.807, 2.05) is 43.3 Å². The molecule has 0 aliphatic carbocycles. The number of anilines is 2. The van der Waals surface area contributed by atoms with Gasteiger partial charge in [0.25, 0.3) is 15.9 Å². The molecule has 0 spiro atoms. The molecule has 0 unspecified atom stereocenters. The number of amides is 1. The Hall–Kier alpha value is -3.61. The van der Waals surface area contributed by atoms with Gasteiger partial charge >= 0.3 is 0 Å². The molecule has 0 aromatic heterocycles. The Morgan fingerprint density at radius 1 is 0.853 bits per heavy atom. The van der Waals surface area contributed by atoms with Gasteiger partial charge in [0.15, 0.2) is 0 Å². The first-order chi connectivity index (χ1) is 16.4. The van der Waals surface area contributed by atoms with E-state index >= 15 is 0 Å². The van der Waals surface area contributed by atoms with Crippen LogP contribution in [0.25, 0.3) is 0 Å². The zero-order valence-electron chi connectivity index (χ0n) is 18.5. The van der Waals surface area contributed by atoms with Gasteiger partial charge in [-0.1, -0.05) is 78.3 Å². The van der Waals surface area contributed by atoms with Gasteiger partial charge in [-0.25, -0.2) is 8.42 Å².